The second-order valence-electron chi connectivity index (χ2n) is 4.86. The SMILES string of the molecule is C[C@H](N[C@H](C)c1cncc(F)c1)c1ccccc1[N+](=O)[O-]. The first kappa shape index (κ1) is 15.1. The summed E-state index contributed by atoms with van der Waals surface area (Å²) in [4.78, 5) is 14.5. The molecule has 0 aliphatic carbocycles. The molecular weight excluding hydrogens is 273 g/mol. The lowest BCUT2D eigenvalue weighted by Gasteiger charge is -2.20. The molecule has 0 spiro atoms. The number of halogens is 1. The molecule has 0 aliphatic rings. The first-order chi connectivity index (χ1) is 9.99. The van der Waals surface area contributed by atoms with Crippen molar-refractivity contribution >= 4 is 5.69 Å². The molecule has 0 saturated heterocycles. The second-order valence-corrected chi connectivity index (χ2v) is 4.86. The summed E-state index contributed by atoms with van der Waals surface area (Å²) in [5, 5.41) is 14.3. The highest BCUT2D eigenvalue weighted by molar-refractivity contribution is 5.41. The average molecular weight is 289 g/mol. The second kappa shape index (κ2) is 6.41. The van der Waals surface area contributed by atoms with Gasteiger partial charge in [-0.2, -0.15) is 0 Å². The third-order valence-corrected chi connectivity index (χ3v) is 3.33. The molecule has 21 heavy (non-hydrogen) atoms. The van der Waals surface area contributed by atoms with E-state index in [-0.39, 0.29) is 17.8 Å². The van der Waals surface area contributed by atoms with Crippen molar-refractivity contribution in [2.24, 2.45) is 0 Å². The highest BCUT2D eigenvalue weighted by Crippen LogP contribution is 2.26. The topological polar surface area (TPSA) is 68.1 Å². The molecule has 0 unspecified atom stereocenters. The van der Waals surface area contributed by atoms with Crippen molar-refractivity contribution in [3.8, 4) is 0 Å². The van der Waals surface area contributed by atoms with Gasteiger partial charge in [0.1, 0.15) is 5.82 Å². The molecule has 1 aromatic heterocycles. The predicted octanol–water partition coefficient (Wildman–Crippen LogP) is 3.54. The molecule has 1 N–H and O–H groups in total. The zero-order chi connectivity index (χ0) is 15.4. The van der Waals surface area contributed by atoms with Crippen LogP contribution in [-0.4, -0.2) is 9.91 Å². The summed E-state index contributed by atoms with van der Waals surface area (Å²) in [6, 6.07) is 7.56. The Morgan fingerprint density at radius 3 is 2.62 bits per heavy atom. The number of pyridine rings is 1. The Morgan fingerprint density at radius 2 is 1.95 bits per heavy atom. The Bertz CT molecular complexity index is 648. The molecule has 0 amide bonds. The normalized spacial score (nSPS) is 13.7. The zero-order valence-corrected chi connectivity index (χ0v) is 11.8. The zero-order valence-electron chi connectivity index (χ0n) is 11.8. The first-order valence-electron chi connectivity index (χ1n) is 6.59. The Labute approximate surface area is 122 Å². The lowest BCUT2D eigenvalue weighted by Crippen LogP contribution is -2.23. The van der Waals surface area contributed by atoms with E-state index in [0.717, 1.165) is 6.20 Å². The molecule has 5 nitrogen and oxygen atoms in total. The van der Waals surface area contributed by atoms with Crippen molar-refractivity contribution in [1.82, 2.24) is 10.3 Å². The van der Waals surface area contributed by atoms with Crippen LogP contribution < -0.4 is 5.32 Å². The summed E-state index contributed by atoms with van der Waals surface area (Å²) in [6.45, 7) is 3.70. The summed E-state index contributed by atoms with van der Waals surface area (Å²) in [5.41, 5.74) is 1.36. The van der Waals surface area contributed by atoms with Gasteiger partial charge in [-0.05, 0) is 25.5 Å². The number of nitrogens with one attached hydrogen (secondary N) is 1. The summed E-state index contributed by atoms with van der Waals surface area (Å²) in [6.07, 6.45) is 2.72. The summed E-state index contributed by atoms with van der Waals surface area (Å²) < 4.78 is 13.2. The summed E-state index contributed by atoms with van der Waals surface area (Å²) in [7, 11) is 0. The quantitative estimate of drug-likeness (QED) is 0.675. The molecular formula is C15H16FN3O2. The standard InChI is InChI=1S/C15H16FN3O2/c1-10(12-7-13(16)9-17-8-12)18-11(2)14-5-3-4-6-15(14)19(20)21/h3-11,18H,1-2H3/t10-,11+/m1/s1. The Hall–Kier alpha value is -2.34. The highest BCUT2D eigenvalue weighted by Gasteiger charge is 2.20. The fourth-order valence-electron chi connectivity index (χ4n) is 2.25. The first-order valence-corrected chi connectivity index (χ1v) is 6.59. The number of nitro benzene ring substituents is 1. The van der Waals surface area contributed by atoms with E-state index in [0.29, 0.717) is 11.1 Å². The number of hydrogen-bond donors (Lipinski definition) is 1. The number of rotatable bonds is 5. The van der Waals surface area contributed by atoms with E-state index < -0.39 is 10.7 Å². The Kier molecular flexibility index (Phi) is 4.59. The monoisotopic (exact) mass is 289 g/mol. The lowest BCUT2D eigenvalue weighted by molar-refractivity contribution is -0.385. The van der Waals surface area contributed by atoms with E-state index >= 15 is 0 Å². The van der Waals surface area contributed by atoms with Crippen molar-refractivity contribution in [3.05, 3.63) is 69.8 Å². The van der Waals surface area contributed by atoms with Gasteiger partial charge in [0.15, 0.2) is 0 Å². The number of hydrogen-bond acceptors (Lipinski definition) is 4. The summed E-state index contributed by atoms with van der Waals surface area (Å²) >= 11 is 0. The highest BCUT2D eigenvalue weighted by atomic mass is 19.1. The van der Waals surface area contributed by atoms with E-state index in [1.165, 1.54) is 12.1 Å². The van der Waals surface area contributed by atoms with Crippen LogP contribution in [0.25, 0.3) is 0 Å². The van der Waals surface area contributed by atoms with E-state index in [1.807, 2.05) is 13.8 Å². The molecule has 1 aromatic carbocycles. The maximum atomic E-state index is 13.2. The van der Waals surface area contributed by atoms with Gasteiger partial charge in [-0.3, -0.25) is 15.1 Å². The van der Waals surface area contributed by atoms with Gasteiger partial charge in [0, 0.05) is 29.9 Å². The Morgan fingerprint density at radius 1 is 1.24 bits per heavy atom. The molecule has 0 radical (unpaired) electrons. The van der Waals surface area contributed by atoms with Gasteiger partial charge in [0.25, 0.3) is 5.69 Å². The van der Waals surface area contributed by atoms with Crippen molar-refractivity contribution in [1.29, 1.82) is 0 Å². The average Bonchev–Trinajstić information content (AvgIpc) is 2.47. The fourth-order valence-corrected chi connectivity index (χ4v) is 2.25. The van der Waals surface area contributed by atoms with Crippen LogP contribution in [0.2, 0.25) is 0 Å². The van der Waals surface area contributed by atoms with Crippen molar-refractivity contribution in [2.75, 3.05) is 0 Å². The molecule has 0 aliphatic heterocycles. The number of aromatic nitrogens is 1. The predicted molar refractivity (Wildman–Crippen MR) is 77.3 cm³/mol. The van der Waals surface area contributed by atoms with E-state index in [1.54, 1.807) is 24.4 Å². The van der Waals surface area contributed by atoms with Gasteiger partial charge >= 0.3 is 0 Å². The maximum absolute atomic E-state index is 13.2. The minimum Gasteiger partial charge on any atom is -0.303 e. The van der Waals surface area contributed by atoms with Gasteiger partial charge in [-0.25, -0.2) is 4.39 Å². The van der Waals surface area contributed by atoms with Crippen LogP contribution in [0.5, 0.6) is 0 Å². The van der Waals surface area contributed by atoms with Gasteiger partial charge < -0.3 is 5.32 Å². The fraction of sp³-hybridized carbons (Fsp3) is 0.267. The minimum absolute atomic E-state index is 0.0714. The smallest absolute Gasteiger partial charge is 0.274 e. The van der Waals surface area contributed by atoms with Gasteiger partial charge in [-0.1, -0.05) is 18.2 Å². The number of nitro groups is 1. The molecule has 2 rings (SSSR count). The lowest BCUT2D eigenvalue weighted by atomic mass is 10.0. The van der Waals surface area contributed by atoms with E-state index in [2.05, 4.69) is 10.3 Å². The van der Waals surface area contributed by atoms with Crippen LogP contribution in [0.3, 0.4) is 0 Å². The van der Waals surface area contributed by atoms with E-state index in [4.69, 9.17) is 0 Å². The number of benzene rings is 1. The summed E-state index contributed by atoms with van der Waals surface area (Å²) in [5.74, 6) is -0.403. The van der Waals surface area contributed by atoms with E-state index in [9.17, 15) is 14.5 Å². The minimum atomic E-state index is -0.403. The molecule has 0 fully saturated rings. The van der Waals surface area contributed by atoms with Crippen molar-refractivity contribution in [3.63, 3.8) is 0 Å². The maximum Gasteiger partial charge on any atom is 0.274 e. The van der Waals surface area contributed by atoms with Gasteiger partial charge in [-0.15, -0.1) is 0 Å². The van der Waals surface area contributed by atoms with Crippen LogP contribution in [0, 0.1) is 15.9 Å². The number of nitrogens with zero attached hydrogens (tertiary/aromatic N) is 2. The molecule has 6 heteroatoms. The van der Waals surface area contributed by atoms with Gasteiger partial charge in [0.05, 0.1) is 11.1 Å². The molecule has 2 aromatic rings. The van der Waals surface area contributed by atoms with Crippen LogP contribution in [0.1, 0.15) is 37.1 Å². The Balaban J connectivity index is 2.18. The molecule has 0 bridgehead atoms. The van der Waals surface area contributed by atoms with Crippen LogP contribution in [0.15, 0.2) is 42.7 Å². The molecule has 2 atom stereocenters. The van der Waals surface area contributed by atoms with Gasteiger partial charge in [0.2, 0.25) is 0 Å². The van der Waals surface area contributed by atoms with Crippen LogP contribution >= 0.6 is 0 Å². The molecule has 110 valence electrons. The number of para-hydroxylation sites is 1. The third-order valence-electron chi connectivity index (χ3n) is 3.33. The van der Waals surface area contributed by atoms with Crippen molar-refractivity contribution in [2.45, 2.75) is 25.9 Å². The van der Waals surface area contributed by atoms with Crippen molar-refractivity contribution < 1.29 is 9.31 Å². The molecule has 0 saturated carbocycles. The molecule has 1 heterocycles. The largest absolute Gasteiger partial charge is 0.303 e. The van der Waals surface area contributed by atoms with Crippen LogP contribution in [-0.2, 0) is 0 Å². The third kappa shape index (κ3) is 3.61. The van der Waals surface area contributed by atoms with Crippen LogP contribution in [0.4, 0.5) is 10.1 Å².